The van der Waals surface area contributed by atoms with Crippen molar-refractivity contribution < 1.29 is 9.90 Å². The van der Waals surface area contributed by atoms with E-state index in [0.29, 0.717) is 0 Å². The molecule has 1 aliphatic carbocycles. The maximum Gasteiger partial charge on any atom is 0.327 e. The van der Waals surface area contributed by atoms with E-state index in [2.05, 4.69) is 6.92 Å². The summed E-state index contributed by atoms with van der Waals surface area (Å²) in [5.41, 5.74) is 0. The zero-order valence-electron chi connectivity index (χ0n) is 8.91. The lowest BCUT2D eigenvalue weighted by Crippen LogP contribution is -2.11. The lowest BCUT2D eigenvalue weighted by atomic mass is 9.81. The van der Waals surface area contributed by atoms with E-state index < -0.39 is 5.97 Å². The Bertz CT molecular complexity index is 200. The van der Waals surface area contributed by atoms with Gasteiger partial charge in [-0.1, -0.05) is 38.7 Å². The Kier molecular flexibility index (Phi) is 4.71. The molecule has 0 unspecified atom stereocenters. The fraction of sp³-hybridized carbons (Fsp3) is 0.750. The summed E-state index contributed by atoms with van der Waals surface area (Å²) in [5, 5.41) is 8.40. The van der Waals surface area contributed by atoms with E-state index in [1.807, 2.05) is 0 Å². The molecular formula is C12H20O2. The van der Waals surface area contributed by atoms with Gasteiger partial charge in [0.05, 0.1) is 0 Å². The number of carboxylic acids is 1. The van der Waals surface area contributed by atoms with Crippen LogP contribution in [0.2, 0.25) is 0 Å². The molecule has 0 saturated heterocycles. The molecule has 0 aliphatic heterocycles. The molecule has 0 bridgehead atoms. The molecule has 80 valence electrons. The molecule has 0 radical (unpaired) electrons. The lowest BCUT2D eigenvalue weighted by Gasteiger charge is -2.25. The second kappa shape index (κ2) is 5.84. The van der Waals surface area contributed by atoms with Gasteiger partial charge in [0.15, 0.2) is 0 Å². The zero-order chi connectivity index (χ0) is 10.4. The summed E-state index contributed by atoms with van der Waals surface area (Å²) in [4.78, 5) is 10.2. The predicted molar refractivity (Wildman–Crippen MR) is 57.1 cm³/mol. The van der Waals surface area contributed by atoms with Gasteiger partial charge in [0.2, 0.25) is 0 Å². The first-order chi connectivity index (χ1) is 6.68. The molecule has 0 aromatic heterocycles. The van der Waals surface area contributed by atoms with Gasteiger partial charge in [-0.2, -0.15) is 0 Å². The van der Waals surface area contributed by atoms with Crippen LogP contribution in [0.15, 0.2) is 12.2 Å². The highest BCUT2D eigenvalue weighted by Gasteiger charge is 2.16. The van der Waals surface area contributed by atoms with E-state index in [1.165, 1.54) is 31.8 Å². The normalized spacial score (nSPS) is 28.1. The maximum absolute atomic E-state index is 10.2. The van der Waals surface area contributed by atoms with Crippen LogP contribution < -0.4 is 0 Å². The number of aliphatic carboxylic acids is 1. The minimum absolute atomic E-state index is 0.831. The van der Waals surface area contributed by atoms with Gasteiger partial charge in [0.1, 0.15) is 0 Å². The Morgan fingerprint density at radius 2 is 2.00 bits per heavy atom. The van der Waals surface area contributed by atoms with Crippen molar-refractivity contribution in [2.24, 2.45) is 11.8 Å². The molecule has 0 amide bonds. The molecule has 14 heavy (non-hydrogen) atoms. The van der Waals surface area contributed by atoms with Crippen LogP contribution in [0.1, 0.15) is 45.4 Å². The summed E-state index contributed by atoms with van der Waals surface area (Å²) in [5.74, 6) is 0.910. The third kappa shape index (κ3) is 4.45. The van der Waals surface area contributed by atoms with E-state index in [1.54, 1.807) is 6.08 Å². The molecule has 0 spiro atoms. The summed E-state index contributed by atoms with van der Waals surface area (Å²) < 4.78 is 0. The Hall–Kier alpha value is -0.790. The van der Waals surface area contributed by atoms with Crippen LogP contribution in [0.4, 0.5) is 0 Å². The summed E-state index contributed by atoms with van der Waals surface area (Å²) in [6.45, 7) is 2.32. The Morgan fingerprint density at radius 3 is 2.57 bits per heavy atom. The molecule has 0 heterocycles. The van der Waals surface area contributed by atoms with E-state index in [-0.39, 0.29) is 0 Å². The monoisotopic (exact) mass is 196 g/mol. The number of rotatable bonds is 4. The molecule has 2 nitrogen and oxygen atoms in total. The largest absolute Gasteiger partial charge is 0.478 e. The van der Waals surface area contributed by atoms with Crippen LogP contribution in [0, 0.1) is 11.8 Å². The molecule has 1 saturated carbocycles. The van der Waals surface area contributed by atoms with Crippen LogP contribution in [-0.2, 0) is 4.79 Å². The molecule has 1 aliphatic rings. The first-order valence-electron chi connectivity index (χ1n) is 5.58. The van der Waals surface area contributed by atoms with Crippen molar-refractivity contribution in [3.8, 4) is 0 Å². The first kappa shape index (κ1) is 11.3. The number of allylic oxidation sites excluding steroid dienone is 1. The van der Waals surface area contributed by atoms with Crippen LogP contribution in [-0.4, -0.2) is 11.1 Å². The first-order valence-corrected chi connectivity index (χ1v) is 5.58. The van der Waals surface area contributed by atoms with Gasteiger partial charge in [-0.25, -0.2) is 4.79 Å². The molecule has 0 atom stereocenters. The Morgan fingerprint density at radius 1 is 1.36 bits per heavy atom. The average molecular weight is 196 g/mol. The quantitative estimate of drug-likeness (QED) is 0.701. The van der Waals surface area contributed by atoms with Gasteiger partial charge in [-0.3, -0.25) is 0 Å². The van der Waals surface area contributed by atoms with Crippen molar-refractivity contribution in [3.63, 3.8) is 0 Å². The molecule has 1 N–H and O–H groups in total. The van der Waals surface area contributed by atoms with Gasteiger partial charge in [0.25, 0.3) is 0 Å². The Labute approximate surface area is 86.0 Å². The minimum Gasteiger partial charge on any atom is -0.478 e. The highest BCUT2D eigenvalue weighted by atomic mass is 16.4. The van der Waals surface area contributed by atoms with Crippen molar-refractivity contribution in [2.75, 3.05) is 0 Å². The number of hydrogen-bond donors (Lipinski definition) is 1. The highest BCUT2D eigenvalue weighted by molar-refractivity contribution is 5.79. The van der Waals surface area contributed by atoms with E-state index in [4.69, 9.17) is 5.11 Å². The van der Waals surface area contributed by atoms with E-state index in [0.717, 1.165) is 24.7 Å². The second-order valence-corrected chi connectivity index (χ2v) is 4.44. The molecule has 0 aromatic carbocycles. The molecule has 2 heteroatoms. The molecule has 1 fully saturated rings. The SMILES string of the molecule is CC1CCC(CCC=CC(=O)O)CC1. The minimum atomic E-state index is -0.831. The fourth-order valence-corrected chi connectivity index (χ4v) is 2.13. The van der Waals surface area contributed by atoms with Crippen LogP contribution in [0.3, 0.4) is 0 Å². The topological polar surface area (TPSA) is 37.3 Å². The third-order valence-corrected chi connectivity index (χ3v) is 3.14. The lowest BCUT2D eigenvalue weighted by molar-refractivity contribution is -0.131. The number of hydrogen-bond acceptors (Lipinski definition) is 1. The van der Waals surface area contributed by atoms with Crippen LogP contribution in [0.5, 0.6) is 0 Å². The van der Waals surface area contributed by atoms with Gasteiger partial charge >= 0.3 is 5.97 Å². The highest BCUT2D eigenvalue weighted by Crippen LogP contribution is 2.30. The average Bonchev–Trinajstić information content (AvgIpc) is 2.15. The number of carboxylic acid groups (broad SMARTS) is 1. The fourth-order valence-electron chi connectivity index (χ4n) is 2.13. The summed E-state index contributed by atoms with van der Waals surface area (Å²) in [7, 11) is 0. The Balaban J connectivity index is 2.10. The van der Waals surface area contributed by atoms with Crippen molar-refractivity contribution in [1.29, 1.82) is 0 Å². The summed E-state index contributed by atoms with van der Waals surface area (Å²) >= 11 is 0. The number of carbonyl (C=O) groups is 1. The standard InChI is InChI=1S/C12H20O2/c1-10-6-8-11(9-7-10)4-2-3-5-12(13)14/h3,5,10-11H,2,4,6-9H2,1H3,(H,13,14). The summed E-state index contributed by atoms with van der Waals surface area (Å²) in [6.07, 6.45) is 10.5. The van der Waals surface area contributed by atoms with Crippen LogP contribution >= 0.6 is 0 Å². The van der Waals surface area contributed by atoms with Gasteiger partial charge in [0, 0.05) is 6.08 Å². The maximum atomic E-state index is 10.2. The van der Waals surface area contributed by atoms with E-state index in [9.17, 15) is 4.79 Å². The van der Waals surface area contributed by atoms with Gasteiger partial charge in [-0.05, 0) is 24.7 Å². The smallest absolute Gasteiger partial charge is 0.327 e. The summed E-state index contributed by atoms with van der Waals surface area (Å²) in [6, 6.07) is 0. The third-order valence-electron chi connectivity index (χ3n) is 3.14. The predicted octanol–water partition coefficient (Wildman–Crippen LogP) is 3.23. The zero-order valence-corrected chi connectivity index (χ0v) is 8.91. The van der Waals surface area contributed by atoms with Crippen molar-refractivity contribution >= 4 is 5.97 Å². The van der Waals surface area contributed by atoms with Crippen molar-refractivity contribution in [2.45, 2.75) is 45.4 Å². The van der Waals surface area contributed by atoms with Gasteiger partial charge in [-0.15, -0.1) is 0 Å². The second-order valence-electron chi connectivity index (χ2n) is 4.44. The van der Waals surface area contributed by atoms with Crippen molar-refractivity contribution in [1.82, 2.24) is 0 Å². The molecule has 0 aromatic rings. The van der Waals surface area contributed by atoms with E-state index >= 15 is 0 Å². The molecular weight excluding hydrogens is 176 g/mol. The molecule has 1 rings (SSSR count). The van der Waals surface area contributed by atoms with Crippen molar-refractivity contribution in [3.05, 3.63) is 12.2 Å². The van der Waals surface area contributed by atoms with Gasteiger partial charge < -0.3 is 5.11 Å². The van der Waals surface area contributed by atoms with Crippen LogP contribution in [0.25, 0.3) is 0 Å².